The molecule has 1 fully saturated rings. The summed E-state index contributed by atoms with van der Waals surface area (Å²) >= 11 is 0. The lowest BCUT2D eigenvalue weighted by Crippen LogP contribution is -2.17. The molecular weight excluding hydrogens is 226 g/mol. The second kappa shape index (κ2) is 4.57. The van der Waals surface area contributed by atoms with E-state index in [0.29, 0.717) is 6.04 Å². The molecule has 0 spiro atoms. The molecule has 1 saturated heterocycles. The van der Waals surface area contributed by atoms with Gasteiger partial charge < -0.3 is 9.88 Å². The van der Waals surface area contributed by atoms with Gasteiger partial charge in [-0.05, 0) is 26.3 Å². The third-order valence-corrected chi connectivity index (χ3v) is 3.84. The van der Waals surface area contributed by atoms with Crippen molar-refractivity contribution in [2.45, 2.75) is 32.4 Å². The zero-order valence-corrected chi connectivity index (χ0v) is 10.9. The molecule has 2 aromatic heterocycles. The summed E-state index contributed by atoms with van der Waals surface area (Å²) in [5, 5.41) is 7.81. The Balaban J connectivity index is 1.84. The molecule has 18 heavy (non-hydrogen) atoms. The Labute approximate surface area is 107 Å². The van der Waals surface area contributed by atoms with Crippen molar-refractivity contribution in [3.63, 3.8) is 0 Å². The van der Waals surface area contributed by atoms with Crippen LogP contribution in [-0.4, -0.2) is 25.9 Å². The highest BCUT2D eigenvalue weighted by Gasteiger charge is 2.20. The van der Waals surface area contributed by atoms with E-state index < -0.39 is 0 Å². The van der Waals surface area contributed by atoms with Gasteiger partial charge in [-0.2, -0.15) is 5.10 Å². The standard InChI is InChI=1S/C13H19N5/c1-10-11(6-16-17(10)2)8-18-9-14-7-13(18)12-4-3-5-15-12/h6-7,9,12,15H,3-5,8H2,1-2H3/t12-/m0/s1. The molecular formula is C13H19N5. The first kappa shape index (κ1) is 11.5. The molecule has 0 radical (unpaired) electrons. The molecule has 3 rings (SSSR count). The van der Waals surface area contributed by atoms with E-state index in [4.69, 9.17) is 0 Å². The summed E-state index contributed by atoms with van der Waals surface area (Å²) in [6.07, 6.45) is 8.30. The number of nitrogens with one attached hydrogen (secondary N) is 1. The predicted octanol–water partition coefficient (Wildman–Crippen LogP) is 1.40. The normalized spacial score (nSPS) is 19.6. The molecule has 3 heterocycles. The largest absolute Gasteiger partial charge is 0.329 e. The second-order valence-corrected chi connectivity index (χ2v) is 4.97. The fourth-order valence-electron chi connectivity index (χ4n) is 2.57. The third kappa shape index (κ3) is 1.95. The lowest BCUT2D eigenvalue weighted by Gasteiger charge is -2.13. The lowest BCUT2D eigenvalue weighted by atomic mass is 10.1. The van der Waals surface area contributed by atoms with Gasteiger partial charge in [0.1, 0.15) is 0 Å². The minimum Gasteiger partial charge on any atom is -0.329 e. The summed E-state index contributed by atoms with van der Waals surface area (Å²) < 4.78 is 4.15. The Hall–Kier alpha value is -1.62. The Morgan fingerprint density at radius 2 is 2.33 bits per heavy atom. The number of imidazole rings is 1. The SMILES string of the molecule is Cc1c(Cn2cncc2[C@@H]2CCCN2)cnn1C. The fourth-order valence-corrected chi connectivity index (χ4v) is 2.57. The van der Waals surface area contributed by atoms with E-state index in [2.05, 4.69) is 26.9 Å². The number of nitrogens with zero attached hydrogens (tertiary/aromatic N) is 4. The number of hydrogen-bond acceptors (Lipinski definition) is 3. The molecule has 0 bridgehead atoms. The number of aryl methyl sites for hydroxylation is 1. The molecule has 0 amide bonds. The number of aromatic nitrogens is 4. The fraction of sp³-hybridized carbons (Fsp3) is 0.538. The van der Waals surface area contributed by atoms with Crippen molar-refractivity contribution in [2.75, 3.05) is 6.54 Å². The first-order chi connectivity index (χ1) is 8.75. The summed E-state index contributed by atoms with van der Waals surface area (Å²) in [5.74, 6) is 0. The highest BCUT2D eigenvalue weighted by Crippen LogP contribution is 2.23. The van der Waals surface area contributed by atoms with E-state index >= 15 is 0 Å². The van der Waals surface area contributed by atoms with Crippen LogP contribution in [-0.2, 0) is 13.6 Å². The van der Waals surface area contributed by atoms with Gasteiger partial charge in [0.2, 0.25) is 0 Å². The monoisotopic (exact) mass is 245 g/mol. The minimum atomic E-state index is 0.462. The summed E-state index contributed by atoms with van der Waals surface area (Å²) in [7, 11) is 1.98. The molecule has 1 aliphatic rings. The molecule has 0 aliphatic carbocycles. The molecule has 0 saturated carbocycles. The molecule has 0 unspecified atom stereocenters. The van der Waals surface area contributed by atoms with Gasteiger partial charge in [0, 0.05) is 30.5 Å². The quantitative estimate of drug-likeness (QED) is 0.889. The predicted molar refractivity (Wildman–Crippen MR) is 69.3 cm³/mol. The van der Waals surface area contributed by atoms with E-state index in [1.54, 1.807) is 0 Å². The van der Waals surface area contributed by atoms with Crippen molar-refractivity contribution in [3.05, 3.63) is 35.7 Å². The van der Waals surface area contributed by atoms with Crippen LogP contribution in [0.15, 0.2) is 18.7 Å². The average molecular weight is 245 g/mol. The van der Waals surface area contributed by atoms with Crippen LogP contribution >= 0.6 is 0 Å². The summed E-state index contributed by atoms with van der Waals surface area (Å²) in [6, 6.07) is 0.462. The van der Waals surface area contributed by atoms with Crippen LogP contribution in [0.3, 0.4) is 0 Å². The first-order valence-corrected chi connectivity index (χ1v) is 6.46. The molecule has 1 atom stereocenters. The molecule has 1 aliphatic heterocycles. The Bertz CT molecular complexity index is 533. The van der Waals surface area contributed by atoms with E-state index in [1.807, 2.05) is 30.5 Å². The van der Waals surface area contributed by atoms with E-state index in [1.165, 1.54) is 29.8 Å². The second-order valence-electron chi connectivity index (χ2n) is 4.97. The molecule has 2 aromatic rings. The van der Waals surface area contributed by atoms with Gasteiger partial charge in [-0.1, -0.05) is 0 Å². The minimum absolute atomic E-state index is 0.462. The zero-order chi connectivity index (χ0) is 12.5. The van der Waals surface area contributed by atoms with E-state index in [0.717, 1.165) is 13.1 Å². The Morgan fingerprint density at radius 3 is 3.00 bits per heavy atom. The maximum absolute atomic E-state index is 4.30. The molecule has 0 aromatic carbocycles. The maximum Gasteiger partial charge on any atom is 0.0951 e. The van der Waals surface area contributed by atoms with E-state index in [-0.39, 0.29) is 0 Å². The van der Waals surface area contributed by atoms with Gasteiger partial charge in [-0.25, -0.2) is 4.98 Å². The van der Waals surface area contributed by atoms with Crippen molar-refractivity contribution in [1.29, 1.82) is 0 Å². The van der Waals surface area contributed by atoms with Crippen LogP contribution in [0.2, 0.25) is 0 Å². The zero-order valence-electron chi connectivity index (χ0n) is 10.9. The van der Waals surface area contributed by atoms with Crippen LogP contribution in [0.1, 0.15) is 35.8 Å². The number of rotatable bonds is 3. The van der Waals surface area contributed by atoms with Crippen LogP contribution in [0.5, 0.6) is 0 Å². The highest BCUT2D eigenvalue weighted by atomic mass is 15.3. The van der Waals surface area contributed by atoms with Gasteiger partial charge in [0.25, 0.3) is 0 Å². The van der Waals surface area contributed by atoms with Gasteiger partial charge in [0.05, 0.1) is 24.8 Å². The molecule has 1 N–H and O–H groups in total. The smallest absolute Gasteiger partial charge is 0.0951 e. The van der Waals surface area contributed by atoms with Crippen molar-refractivity contribution < 1.29 is 0 Å². The van der Waals surface area contributed by atoms with Crippen molar-refractivity contribution in [2.24, 2.45) is 7.05 Å². The summed E-state index contributed by atoms with van der Waals surface area (Å²) in [6.45, 7) is 4.07. The van der Waals surface area contributed by atoms with Crippen LogP contribution in [0.4, 0.5) is 0 Å². The van der Waals surface area contributed by atoms with Crippen LogP contribution in [0, 0.1) is 6.92 Å². The number of hydrogen-bond donors (Lipinski definition) is 1. The van der Waals surface area contributed by atoms with Crippen LogP contribution in [0.25, 0.3) is 0 Å². The molecule has 96 valence electrons. The van der Waals surface area contributed by atoms with Gasteiger partial charge >= 0.3 is 0 Å². The average Bonchev–Trinajstić information content (AvgIpc) is 3.06. The molecule has 5 nitrogen and oxygen atoms in total. The van der Waals surface area contributed by atoms with Gasteiger partial charge in [0.15, 0.2) is 0 Å². The van der Waals surface area contributed by atoms with E-state index in [9.17, 15) is 0 Å². The third-order valence-electron chi connectivity index (χ3n) is 3.84. The topological polar surface area (TPSA) is 47.7 Å². The van der Waals surface area contributed by atoms with Crippen molar-refractivity contribution in [3.8, 4) is 0 Å². The summed E-state index contributed by atoms with van der Waals surface area (Å²) in [4.78, 5) is 4.30. The van der Waals surface area contributed by atoms with Gasteiger partial charge in [-0.3, -0.25) is 4.68 Å². The van der Waals surface area contributed by atoms with Crippen molar-refractivity contribution >= 4 is 0 Å². The maximum atomic E-state index is 4.30. The van der Waals surface area contributed by atoms with Crippen LogP contribution < -0.4 is 5.32 Å². The highest BCUT2D eigenvalue weighted by molar-refractivity contribution is 5.18. The Kier molecular flexibility index (Phi) is 2.91. The van der Waals surface area contributed by atoms with Crippen molar-refractivity contribution in [1.82, 2.24) is 24.6 Å². The first-order valence-electron chi connectivity index (χ1n) is 6.46. The van der Waals surface area contributed by atoms with Gasteiger partial charge in [-0.15, -0.1) is 0 Å². The molecule has 5 heteroatoms. The Morgan fingerprint density at radius 1 is 1.44 bits per heavy atom. The lowest BCUT2D eigenvalue weighted by molar-refractivity contribution is 0.583. The summed E-state index contributed by atoms with van der Waals surface area (Å²) in [5.41, 5.74) is 3.76.